The Balaban J connectivity index is 0.000000367. The molecule has 13 unspecified atom stereocenters. The van der Waals surface area contributed by atoms with Gasteiger partial charge < -0.3 is 39.8 Å². The van der Waals surface area contributed by atoms with E-state index in [1.807, 2.05) is 89.0 Å². The fourth-order valence-corrected chi connectivity index (χ4v) is 11.1. The van der Waals surface area contributed by atoms with E-state index in [-0.39, 0.29) is 89.2 Å². The number of likely N-dealkylation sites (N-methyl/N-ethyl adjacent to an activating group) is 3. The quantitative estimate of drug-likeness (QED) is 0.0311. The first-order chi connectivity index (χ1) is 38.5. The maximum Gasteiger partial charge on any atom is 0.292 e. The lowest BCUT2D eigenvalue weighted by Crippen LogP contribution is -2.61. The van der Waals surface area contributed by atoms with Crippen LogP contribution in [0.5, 0.6) is 0 Å². The molecule has 82 heavy (non-hydrogen) atoms. The van der Waals surface area contributed by atoms with Crippen molar-refractivity contribution < 1.29 is 56.1 Å². The zero-order valence-corrected chi connectivity index (χ0v) is 50.7. The number of hydrogen-bond donors (Lipinski definition) is 5. The van der Waals surface area contributed by atoms with Gasteiger partial charge in [-0.05, 0) is 127 Å². The number of rotatable bonds is 20. The summed E-state index contributed by atoms with van der Waals surface area (Å²) in [5.74, 6) is 8.84. The van der Waals surface area contributed by atoms with Gasteiger partial charge in [0, 0.05) is 61.4 Å². The Bertz CT molecular complexity index is 2560. The Kier molecular flexibility index (Phi) is 27.8. The first kappa shape index (κ1) is 70.0. The van der Waals surface area contributed by atoms with Crippen LogP contribution in [-0.4, -0.2) is 139 Å². The molecule has 0 bridgehead atoms. The number of allylic oxidation sites excluding steroid dienone is 3. The number of alkyl halides is 2. The van der Waals surface area contributed by atoms with Crippen molar-refractivity contribution in [1.82, 2.24) is 35.8 Å². The minimum absolute atomic E-state index is 0.0622. The summed E-state index contributed by atoms with van der Waals surface area (Å²) in [6.07, 6.45) is 5.21. The van der Waals surface area contributed by atoms with Gasteiger partial charge >= 0.3 is 0 Å². The summed E-state index contributed by atoms with van der Waals surface area (Å²) in [7, 11) is 5.67. The number of piperazine rings is 2. The van der Waals surface area contributed by atoms with Crippen molar-refractivity contribution in [2.75, 3.05) is 40.8 Å². The van der Waals surface area contributed by atoms with Gasteiger partial charge in [0.2, 0.25) is 17.6 Å². The third-order valence-electron chi connectivity index (χ3n) is 15.4. The molecule has 0 saturated carbocycles. The van der Waals surface area contributed by atoms with Crippen LogP contribution in [0, 0.1) is 47.2 Å². The molecule has 2 saturated heterocycles. The number of nitrogens with one attached hydrogen (secondary N) is 3. The number of amides is 3. The molecule has 4 heterocycles. The summed E-state index contributed by atoms with van der Waals surface area (Å²) in [5.41, 5.74) is -1.45. The Morgan fingerprint density at radius 1 is 0.963 bits per heavy atom. The van der Waals surface area contributed by atoms with Gasteiger partial charge in [-0.15, -0.1) is 0 Å². The molecule has 6 rings (SSSR count). The minimum Gasteiger partial charge on any atom is -0.408 e. The molecule has 2 fully saturated rings. The van der Waals surface area contributed by atoms with Crippen LogP contribution in [0.4, 0.5) is 13.2 Å². The molecule has 13 atom stereocenters. The van der Waals surface area contributed by atoms with E-state index in [9.17, 15) is 37.5 Å². The van der Waals surface area contributed by atoms with Crippen LogP contribution >= 0.6 is 0 Å². The van der Waals surface area contributed by atoms with E-state index >= 15 is 4.39 Å². The van der Waals surface area contributed by atoms with Crippen LogP contribution in [0.15, 0.2) is 88.9 Å². The lowest BCUT2D eigenvalue weighted by Gasteiger charge is -2.45. The molecule has 3 amide bonds. The fourth-order valence-electron chi connectivity index (χ4n) is 11.1. The second-order valence-corrected chi connectivity index (χ2v) is 23.8. The molecule has 0 aliphatic carbocycles. The van der Waals surface area contributed by atoms with Crippen molar-refractivity contribution in [1.29, 1.82) is 0 Å². The summed E-state index contributed by atoms with van der Waals surface area (Å²) >= 11 is 0. The average Bonchev–Trinajstić information content (AvgIpc) is 4.02. The molecule has 3 aromatic rings. The molecule has 0 radical (unpaired) electrons. The highest BCUT2D eigenvalue weighted by Gasteiger charge is 2.46. The van der Waals surface area contributed by atoms with E-state index in [2.05, 4.69) is 76.8 Å². The molecular weight excluding hydrogens is 1060 g/mol. The Morgan fingerprint density at radius 3 is 2.10 bits per heavy atom. The summed E-state index contributed by atoms with van der Waals surface area (Å²) in [6, 6.07) is 15.3. The molecule has 7 N–H and O–H groups in total. The van der Waals surface area contributed by atoms with E-state index < -0.39 is 35.2 Å². The van der Waals surface area contributed by atoms with Gasteiger partial charge in [0.05, 0.1) is 18.1 Å². The molecule has 3 aliphatic rings. The molecule has 18 nitrogen and oxygen atoms in total. The van der Waals surface area contributed by atoms with Crippen molar-refractivity contribution in [3.8, 4) is 11.3 Å². The predicted molar refractivity (Wildman–Crippen MR) is 311 cm³/mol. The topological polar surface area (TPSA) is 245 Å². The highest BCUT2D eigenvalue weighted by atomic mass is 19.1. The third kappa shape index (κ3) is 20.6. The summed E-state index contributed by atoms with van der Waals surface area (Å²) in [5, 5.41) is 13.0. The van der Waals surface area contributed by atoms with Gasteiger partial charge in [-0.1, -0.05) is 97.8 Å². The number of fused-ring (bicyclic) bond motifs is 1. The molecular formula is C61H92F3N9O9. The highest BCUT2D eigenvalue weighted by molar-refractivity contribution is 5.96. The van der Waals surface area contributed by atoms with E-state index in [4.69, 9.17) is 11.8 Å². The zero-order valence-electron chi connectivity index (χ0n) is 50.7. The SMILES string of the molecule is CC(C)C.CC1CC2C(=O)NC(C)CN2C(=O)/C(ON)=C/C(C)(F)C1.CNC(CN(C)C(C=O)C(C)C(C)C)C(C)C(C(C)CC1C(=O)NC(c2ccccc2)CN1C)C(C)(F)/C=C(/C=O)ON.O=Cc1cc(-c2ccc(F)cc2)no1. The molecule has 3 aliphatic heterocycles. The van der Waals surface area contributed by atoms with Gasteiger partial charge in [0.15, 0.2) is 24.1 Å². The van der Waals surface area contributed by atoms with Crippen molar-refractivity contribution in [3.63, 3.8) is 0 Å². The second-order valence-electron chi connectivity index (χ2n) is 23.8. The predicted octanol–water partition coefficient (Wildman–Crippen LogP) is 8.11. The number of nitrogens with zero attached hydrogens (tertiary/aromatic N) is 4. The molecule has 0 spiro atoms. The van der Waals surface area contributed by atoms with Crippen LogP contribution in [0.1, 0.15) is 125 Å². The molecule has 2 aromatic carbocycles. The number of halogens is 3. The average molecular weight is 1150 g/mol. The number of aldehydes is 3. The van der Waals surface area contributed by atoms with Crippen molar-refractivity contribution in [3.05, 3.63) is 101 Å². The number of aromatic nitrogens is 1. The lowest BCUT2D eigenvalue weighted by atomic mass is 9.68. The lowest BCUT2D eigenvalue weighted by molar-refractivity contribution is -0.145. The Morgan fingerprint density at radius 2 is 1.59 bits per heavy atom. The Labute approximate surface area is 483 Å². The van der Waals surface area contributed by atoms with Gasteiger partial charge in [0.25, 0.3) is 5.91 Å². The maximum absolute atomic E-state index is 16.8. The van der Waals surface area contributed by atoms with Crippen LogP contribution in [0.25, 0.3) is 11.3 Å². The number of carbonyl (C=O) groups excluding carboxylic acids is 6. The van der Waals surface area contributed by atoms with Crippen LogP contribution in [-0.2, 0) is 33.6 Å². The van der Waals surface area contributed by atoms with Gasteiger partial charge in [-0.3, -0.25) is 33.8 Å². The molecule has 456 valence electrons. The zero-order chi connectivity index (χ0) is 61.8. The third-order valence-corrected chi connectivity index (χ3v) is 15.4. The van der Waals surface area contributed by atoms with Crippen LogP contribution in [0.2, 0.25) is 0 Å². The first-order valence-corrected chi connectivity index (χ1v) is 28.2. The van der Waals surface area contributed by atoms with Gasteiger partial charge in [-0.25, -0.2) is 13.2 Å². The van der Waals surface area contributed by atoms with Crippen molar-refractivity contribution >= 4 is 36.6 Å². The molecule has 21 heteroatoms. The standard InChI is InChI=1S/C33H54FN5O4.C14H22FN3O3.C10H6FNO2.C4H10/c1-21(2)23(4)30(20-41)39(9)17-27(36-7)24(5)31(33(6,34)16-26(19-40)43-35)22(3)15-29-32(42)37-28(18-38(29)8)25-13-11-10-12-14-25;1-8-4-10-12(19)17-9(2)7-18(10)13(20)11(21-16)6-14(3,15)5-8;11-8-3-1-7(2-4-8)10-5-9(6-13)14-12-10;1-4(2)3/h10-14,16,19-24,27-31,36H,15,17-18,35H2,1-9H3,(H,37,42);6,8-10H,4-5,7,16H2,1-3H3,(H,17,19);1-6H;4H,1-3H3/b26-16-;11-6-;;. The minimum atomic E-state index is -2.01. The fraction of sp³-hybridized carbons (Fsp3) is 0.590. The number of carbonyl (C=O) groups is 6. The molecule has 1 aromatic heterocycles. The van der Waals surface area contributed by atoms with Crippen LogP contribution in [0.3, 0.4) is 0 Å². The summed E-state index contributed by atoms with van der Waals surface area (Å²) < 4.78 is 48.6. The number of hydrogen-bond acceptors (Lipinski definition) is 15. The number of nitrogens with two attached hydrogens (primary N) is 2. The monoisotopic (exact) mass is 1150 g/mol. The van der Waals surface area contributed by atoms with E-state index in [1.54, 1.807) is 12.1 Å². The van der Waals surface area contributed by atoms with Gasteiger partial charge in [-0.2, -0.15) is 11.8 Å². The normalized spacial score (nSPS) is 25.0. The van der Waals surface area contributed by atoms with E-state index in [1.165, 1.54) is 36.9 Å². The smallest absolute Gasteiger partial charge is 0.292 e. The summed E-state index contributed by atoms with van der Waals surface area (Å²) in [6.45, 7) is 24.6. The van der Waals surface area contributed by atoms with Gasteiger partial charge in [0.1, 0.15) is 35.2 Å². The largest absolute Gasteiger partial charge is 0.408 e. The second kappa shape index (κ2) is 32.5. The van der Waals surface area contributed by atoms with Crippen molar-refractivity contribution in [2.24, 2.45) is 53.2 Å². The van der Waals surface area contributed by atoms with E-state index in [0.29, 0.717) is 62.2 Å². The summed E-state index contributed by atoms with van der Waals surface area (Å²) in [4.78, 5) is 86.7. The Hall–Kier alpha value is -6.26. The first-order valence-electron chi connectivity index (χ1n) is 28.2. The number of benzene rings is 2. The maximum atomic E-state index is 16.8. The van der Waals surface area contributed by atoms with Crippen molar-refractivity contribution in [2.45, 2.75) is 150 Å². The van der Waals surface area contributed by atoms with Crippen LogP contribution < -0.4 is 27.7 Å². The van der Waals surface area contributed by atoms with E-state index in [0.717, 1.165) is 29.9 Å². The highest BCUT2D eigenvalue weighted by Crippen LogP contribution is 2.41.